The molecule has 5 nitrogen and oxygen atoms in total. The number of nitrogens with one attached hydrogen (secondary N) is 1. The Kier molecular flexibility index (Phi) is 5.35. The van der Waals surface area contributed by atoms with E-state index in [2.05, 4.69) is 27.5 Å². The molecule has 0 bridgehead atoms. The van der Waals surface area contributed by atoms with E-state index in [9.17, 15) is 4.79 Å². The number of nitrogens with zero attached hydrogens (tertiary/aromatic N) is 3. The summed E-state index contributed by atoms with van der Waals surface area (Å²) in [4.78, 5) is 16.2. The SMILES string of the molecule is O=C(CCn1cncn1)NC(Cc1ccccc1)c1ccccc1. The first-order valence-corrected chi connectivity index (χ1v) is 8.02. The number of aryl methyl sites for hydroxylation is 1. The maximum absolute atomic E-state index is 12.3. The number of benzene rings is 2. The Morgan fingerprint density at radius 1 is 1.04 bits per heavy atom. The van der Waals surface area contributed by atoms with Gasteiger partial charge in [-0.15, -0.1) is 0 Å². The van der Waals surface area contributed by atoms with Crippen LogP contribution in [0.4, 0.5) is 0 Å². The molecule has 3 aromatic rings. The Morgan fingerprint density at radius 3 is 2.42 bits per heavy atom. The largest absolute Gasteiger partial charge is 0.349 e. The third-order valence-electron chi connectivity index (χ3n) is 3.85. The number of hydrogen-bond donors (Lipinski definition) is 1. The first-order chi connectivity index (χ1) is 11.8. The van der Waals surface area contributed by atoms with Crippen LogP contribution in [-0.2, 0) is 17.8 Å². The summed E-state index contributed by atoms with van der Waals surface area (Å²) < 4.78 is 1.66. The van der Waals surface area contributed by atoms with Gasteiger partial charge in [0, 0.05) is 6.42 Å². The minimum atomic E-state index is -0.0446. The molecule has 0 fully saturated rings. The molecule has 0 aliphatic heterocycles. The zero-order valence-electron chi connectivity index (χ0n) is 13.4. The van der Waals surface area contributed by atoms with E-state index >= 15 is 0 Å². The highest BCUT2D eigenvalue weighted by Gasteiger charge is 2.15. The van der Waals surface area contributed by atoms with Crippen LogP contribution in [0.25, 0.3) is 0 Å². The average molecular weight is 320 g/mol. The van der Waals surface area contributed by atoms with Crippen molar-refractivity contribution in [3.05, 3.63) is 84.4 Å². The van der Waals surface area contributed by atoms with Gasteiger partial charge in [-0.1, -0.05) is 60.7 Å². The van der Waals surface area contributed by atoms with Crippen molar-refractivity contribution < 1.29 is 4.79 Å². The molecule has 3 rings (SSSR count). The molecule has 1 amide bonds. The maximum Gasteiger partial charge on any atom is 0.222 e. The zero-order chi connectivity index (χ0) is 16.6. The number of rotatable bonds is 7. The Morgan fingerprint density at radius 2 is 1.75 bits per heavy atom. The summed E-state index contributed by atoms with van der Waals surface area (Å²) in [5, 5.41) is 7.16. The smallest absolute Gasteiger partial charge is 0.222 e. The predicted octanol–water partition coefficient (Wildman–Crippen LogP) is 2.77. The molecule has 0 aliphatic rings. The van der Waals surface area contributed by atoms with Crippen LogP contribution in [0.15, 0.2) is 73.3 Å². The molecule has 5 heteroatoms. The lowest BCUT2D eigenvalue weighted by Gasteiger charge is -2.19. The molecule has 0 aliphatic carbocycles. The fourth-order valence-electron chi connectivity index (χ4n) is 2.62. The van der Waals surface area contributed by atoms with Gasteiger partial charge in [0.1, 0.15) is 12.7 Å². The molecule has 1 unspecified atom stereocenters. The first kappa shape index (κ1) is 15.9. The second-order valence-corrected chi connectivity index (χ2v) is 5.63. The van der Waals surface area contributed by atoms with Gasteiger partial charge < -0.3 is 5.32 Å². The van der Waals surface area contributed by atoms with Crippen molar-refractivity contribution in [1.29, 1.82) is 0 Å². The van der Waals surface area contributed by atoms with Gasteiger partial charge in [-0.2, -0.15) is 5.10 Å². The fraction of sp³-hybridized carbons (Fsp3) is 0.211. The van der Waals surface area contributed by atoms with E-state index in [1.807, 2.05) is 48.5 Å². The third-order valence-corrected chi connectivity index (χ3v) is 3.85. The standard InChI is InChI=1S/C19H20N4O/c24-19(11-12-23-15-20-14-21-23)22-18(17-9-5-2-6-10-17)13-16-7-3-1-4-8-16/h1-10,14-15,18H,11-13H2,(H,22,24). The molecule has 1 atom stereocenters. The van der Waals surface area contributed by atoms with E-state index in [1.165, 1.54) is 11.9 Å². The third kappa shape index (κ3) is 4.52. The Hall–Kier alpha value is -2.95. The van der Waals surface area contributed by atoms with Crippen LogP contribution in [0.3, 0.4) is 0 Å². The second kappa shape index (κ2) is 8.06. The highest BCUT2D eigenvalue weighted by atomic mass is 16.1. The lowest BCUT2D eigenvalue weighted by Crippen LogP contribution is -2.30. The summed E-state index contributed by atoms with van der Waals surface area (Å²) in [5.74, 6) is 0.00952. The van der Waals surface area contributed by atoms with Crippen molar-refractivity contribution in [3.63, 3.8) is 0 Å². The van der Waals surface area contributed by atoms with E-state index in [0.717, 1.165) is 12.0 Å². The fourth-order valence-corrected chi connectivity index (χ4v) is 2.62. The van der Waals surface area contributed by atoms with Crippen molar-refractivity contribution >= 4 is 5.91 Å². The molecule has 0 radical (unpaired) electrons. The normalized spacial score (nSPS) is 11.8. The quantitative estimate of drug-likeness (QED) is 0.728. The van der Waals surface area contributed by atoms with Crippen molar-refractivity contribution in [2.45, 2.75) is 25.4 Å². The number of carbonyl (C=O) groups is 1. The molecule has 1 aromatic heterocycles. The number of hydrogen-bond acceptors (Lipinski definition) is 3. The summed E-state index contributed by atoms with van der Waals surface area (Å²) in [7, 11) is 0. The van der Waals surface area contributed by atoms with E-state index in [4.69, 9.17) is 0 Å². The topological polar surface area (TPSA) is 59.8 Å². The first-order valence-electron chi connectivity index (χ1n) is 8.02. The van der Waals surface area contributed by atoms with Gasteiger partial charge in [0.2, 0.25) is 5.91 Å². The molecule has 0 saturated carbocycles. The summed E-state index contributed by atoms with van der Waals surface area (Å²) >= 11 is 0. The monoisotopic (exact) mass is 320 g/mol. The van der Waals surface area contributed by atoms with Crippen LogP contribution in [-0.4, -0.2) is 20.7 Å². The van der Waals surface area contributed by atoms with Gasteiger partial charge in [0.15, 0.2) is 0 Å². The Labute approximate surface area is 141 Å². The van der Waals surface area contributed by atoms with Crippen molar-refractivity contribution in [1.82, 2.24) is 20.1 Å². The summed E-state index contributed by atoms with van der Waals surface area (Å²) in [5.41, 5.74) is 2.30. The number of carbonyl (C=O) groups excluding carboxylic acids is 1. The molecule has 122 valence electrons. The number of amides is 1. The van der Waals surface area contributed by atoms with E-state index < -0.39 is 0 Å². The summed E-state index contributed by atoms with van der Waals surface area (Å²) in [6, 6.07) is 20.2. The molecular weight excluding hydrogens is 300 g/mol. The van der Waals surface area contributed by atoms with Crippen LogP contribution in [0.1, 0.15) is 23.6 Å². The minimum Gasteiger partial charge on any atom is -0.349 e. The molecular formula is C19H20N4O. The Bertz CT molecular complexity index is 742. The van der Waals surface area contributed by atoms with Gasteiger partial charge in [-0.25, -0.2) is 4.98 Å². The van der Waals surface area contributed by atoms with Crippen LogP contribution in [0, 0.1) is 0 Å². The predicted molar refractivity (Wildman–Crippen MR) is 92.1 cm³/mol. The molecule has 1 N–H and O–H groups in total. The summed E-state index contributed by atoms with van der Waals surface area (Å²) in [6.07, 6.45) is 4.23. The van der Waals surface area contributed by atoms with Crippen LogP contribution >= 0.6 is 0 Å². The second-order valence-electron chi connectivity index (χ2n) is 5.63. The minimum absolute atomic E-state index is 0.00952. The van der Waals surface area contributed by atoms with Crippen LogP contribution in [0.2, 0.25) is 0 Å². The Balaban J connectivity index is 1.66. The van der Waals surface area contributed by atoms with Crippen molar-refractivity contribution in [2.75, 3.05) is 0 Å². The van der Waals surface area contributed by atoms with E-state index in [0.29, 0.717) is 13.0 Å². The van der Waals surface area contributed by atoms with Crippen molar-refractivity contribution in [2.24, 2.45) is 0 Å². The van der Waals surface area contributed by atoms with Gasteiger partial charge in [-0.05, 0) is 17.5 Å². The lowest BCUT2D eigenvalue weighted by atomic mass is 9.98. The van der Waals surface area contributed by atoms with Crippen LogP contribution < -0.4 is 5.32 Å². The maximum atomic E-state index is 12.3. The average Bonchev–Trinajstić information content (AvgIpc) is 3.15. The molecule has 1 heterocycles. The molecule has 0 spiro atoms. The van der Waals surface area contributed by atoms with Crippen molar-refractivity contribution in [3.8, 4) is 0 Å². The highest BCUT2D eigenvalue weighted by molar-refractivity contribution is 5.76. The van der Waals surface area contributed by atoms with Crippen LogP contribution in [0.5, 0.6) is 0 Å². The summed E-state index contributed by atoms with van der Waals surface area (Å²) in [6.45, 7) is 0.526. The van der Waals surface area contributed by atoms with Gasteiger partial charge in [0.25, 0.3) is 0 Å². The molecule has 2 aromatic carbocycles. The zero-order valence-corrected chi connectivity index (χ0v) is 13.4. The molecule has 0 saturated heterocycles. The lowest BCUT2D eigenvalue weighted by molar-refractivity contribution is -0.122. The molecule has 24 heavy (non-hydrogen) atoms. The van der Waals surface area contributed by atoms with E-state index in [1.54, 1.807) is 11.0 Å². The highest BCUT2D eigenvalue weighted by Crippen LogP contribution is 2.18. The van der Waals surface area contributed by atoms with Gasteiger partial charge in [0.05, 0.1) is 12.6 Å². The van der Waals surface area contributed by atoms with E-state index in [-0.39, 0.29) is 11.9 Å². The van der Waals surface area contributed by atoms with Gasteiger partial charge >= 0.3 is 0 Å². The number of aromatic nitrogens is 3. The van der Waals surface area contributed by atoms with Gasteiger partial charge in [-0.3, -0.25) is 9.48 Å².